The third kappa shape index (κ3) is 2.66. The summed E-state index contributed by atoms with van der Waals surface area (Å²) in [4.78, 5) is 44.5. The number of aromatic hydroxyl groups is 1. The second kappa shape index (κ2) is 6.48. The molecule has 2 aromatic carbocycles. The fourth-order valence-electron chi connectivity index (χ4n) is 3.34. The van der Waals surface area contributed by atoms with Gasteiger partial charge in [0.1, 0.15) is 16.9 Å². The molecule has 1 aliphatic carbocycles. The van der Waals surface area contributed by atoms with Gasteiger partial charge in [-0.05, 0) is 12.1 Å². The number of carbonyl (C=O) groups excluding carboxylic acids is 2. The highest BCUT2D eigenvalue weighted by molar-refractivity contribution is 6.38. The van der Waals surface area contributed by atoms with E-state index in [2.05, 4.69) is 25.6 Å². The summed E-state index contributed by atoms with van der Waals surface area (Å²) in [6.45, 7) is 0. The molecular weight excluding hydrogens is 388 g/mol. The maximum absolute atomic E-state index is 13.4. The van der Waals surface area contributed by atoms with Gasteiger partial charge in [-0.3, -0.25) is 19.4 Å². The van der Waals surface area contributed by atoms with Crippen LogP contribution in [0.15, 0.2) is 65.1 Å². The molecule has 4 aromatic rings. The van der Waals surface area contributed by atoms with E-state index < -0.39 is 23.0 Å². The van der Waals surface area contributed by atoms with E-state index in [0.717, 1.165) is 6.07 Å². The molecular formula is C20H12N6O4. The number of para-hydroxylation sites is 1. The number of allylic oxidation sites excluding steroid dienone is 2. The molecule has 10 nitrogen and oxygen atoms in total. The maximum Gasteiger partial charge on any atom is 0.256 e. The molecule has 0 fully saturated rings. The Balaban J connectivity index is 1.78. The van der Waals surface area contributed by atoms with E-state index >= 15 is 0 Å². The van der Waals surface area contributed by atoms with Crippen LogP contribution in [0.1, 0.15) is 20.7 Å². The number of H-pyrrole nitrogens is 1. The number of nitrogens with one attached hydrogen (secondary N) is 2. The predicted molar refractivity (Wildman–Crippen MR) is 106 cm³/mol. The number of hydrogen-bond acceptors (Lipinski definition) is 8. The number of anilines is 1. The van der Waals surface area contributed by atoms with Gasteiger partial charge in [0.2, 0.25) is 23.4 Å². The van der Waals surface area contributed by atoms with Gasteiger partial charge in [0.15, 0.2) is 0 Å². The molecule has 0 saturated carbocycles. The minimum absolute atomic E-state index is 0.0709. The van der Waals surface area contributed by atoms with Crippen molar-refractivity contribution in [2.45, 2.75) is 0 Å². The number of benzene rings is 2. The lowest BCUT2D eigenvalue weighted by molar-refractivity contribution is 0.0988. The Labute approximate surface area is 167 Å². The Kier molecular flexibility index (Phi) is 3.78. The van der Waals surface area contributed by atoms with E-state index in [4.69, 9.17) is 0 Å². The first-order valence-electron chi connectivity index (χ1n) is 8.84. The Morgan fingerprint density at radius 1 is 0.933 bits per heavy atom. The number of carbonyl (C=O) groups is 2. The largest absolute Gasteiger partial charge is 0.493 e. The molecule has 5 rings (SSSR count). The fraction of sp³-hybridized carbons (Fsp3) is 0. The molecule has 0 spiro atoms. The SMILES string of the molecule is O=C1C(Nc2nc(O)cc(=O)[nH]2)=C(n2nnc3ccccc32)C(=O)c2ccccc21. The van der Waals surface area contributed by atoms with Gasteiger partial charge in [0.25, 0.3) is 5.56 Å². The fourth-order valence-corrected chi connectivity index (χ4v) is 3.34. The zero-order chi connectivity index (χ0) is 20.8. The zero-order valence-corrected chi connectivity index (χ0v) is 15.2. The number of nitrogens with zero attached hydrogens (tertiary/aromatic N) is 4. The second-order valence-corrected chi connectivity index (χ2v) is 6.49. The summed E-state index contributed by atoms with van der Waals surface area (Å²) < 4.78 is 1.27. The number of hydrogen-bond donors (Lipinski definition) is 3. The highest BCUT2D eigenvalue weighted by Crippen LogP contribution is 2.30. The number of aromatic nitrogens is 5. The van der Waals surface area contributed by atoms with Gasteiger partial charge in [-0.25, -0.2) is 4.68 Å². The average molecular weight is 400 g/mol. The third-order valence-corrected chi connectivity index (χ3v) is 4.63. The van der Waals surface area contributed by atoms with Crippen molar-refractivity contribution in [3.05, 3.63) is 81.8 Å². The molecule has 3 N–H and O–H groups in total. The van der Waals surface area contributed by atoms with Crippen LogP contribution in [0.4, 0.5) is 5.95 Å². The second-order valence-electron chi connectivity index (χ2n) is 6.49. The van der Waals surface area contributed by atoms with Crippen molar-refractivity contribution in [1.82, 2.24) is 25.0 Å². The monoisotopic (exact) mass is 400 g/mol. The van der Waals surface area contributed by atoms with Crippen LogP contribution < -0.4 is 10.9 Å². The van der Waals surface area contributed by atoms with E-state index in [1.54, 1.807) is 42.5 Å². The number of rotatable bonds is 3. The van der Waals surface area contributed by atoms with E-state index in [1.807, 2.05) is 0 Å². The van der Waals surface area contributed by atoms with Crippen LogP contribution in [0.5, 0.6) is 5.88 Å². The lowest BCUT2D eigenvalue weighted by Crippen LogP contribution is -2.29. The van der Waals surface area contributed by atoms with Crippen LogP contribution in [0.3, 0.4) is 0 Å². The van der Waals surface area contributed by atoms with Crippen molar-refractivity contribution >= 4 is 34.2 Å². The van der Waals surface area contributed by atoms with Gasteiger partial charge in [-0.1, -0.05) is 41.6 Å². The molecule has 146 valence electrons. The van der Waals surface area contributed by atoms with E-state index in [-0.39, 0.29) is 28.5 Å². The standard InChI is InChI=1S/C20H12N6O4/c27-14-9-15(28)22-20(21-14)23-16-17(26-13-8-4-3-7-12(13)24-25-26)19(30)11-6-2-1-5-10(11)18(16)29/h1-9H,(H3,21,22,23,27,28). The van der Waals surface area contributed by atoms with Gasteiger partial charge in [0, 0.05) is 11.1 Å². The summed E-state index contributed by atoms with van der Waals surface area (Å²) in [5.74, 6) is -1.68. The van der Waals surface area contributed by atoms with Gasteiger partial charge in [0.05, 0.1) is 11.6 Å². The summed E-state index contributed by atoms with van der Waals surface area (Å²) in [6, 6.07) is 14.3. The van der Waals surface area contributed by atoms with E-state index in [0.29, 0.717) is 11.0 Å². The Morgan fingerprint density at radius 2 is 1.63 bits per heavy atom. The topological polar surface area (TPSA) is 143 Å². The van der Waals surface area contributed by atoms with Crippen molar-refractivity contribution in [2.75, 3.05) is 5.32 Å². The van der Waals surface area contributed by atoms with E-state index in [1.165, 1.54) is 10.7 Å². The molecule has 2 heterocycles. The normalized spacial score (nSPS) is 13.6. The first kappa shape index (κ1) is 17.5. The quantitative estimate of drug-likeness (QED) is 0.470. The summed E-state index contributed by atoms with van der Waals surface area (Å²) in [5.41, 5.74) is 0.618. The highest BCUT2D eigenvalue weighted by Gasteiger charge is 2.35. The van der Waals surface area contributed by atoms with Crippen LogP contribution in [0.2, 0.25) is 0 Å². The molecule has 10 heteroatoms. The van der Waals surface area contributed by atoms with Crippen LogP contribution in [0, 0.1) is 0 Å². The Bertz CT molecular complexity index is 1450. The minimum Gasteiger partial charge on any atom is -0.493 e. The smallest absolute Gasteiger partial charge is 0.256 e. The first-order chi connectivity index (χ1) is 14.5. The van der Waals surface area contributed by atoms with Crippen molar-refractivity contribution in [3.63, 3.8) is 0 Å². The lowest BCUT2D eigenvalue weighted by atomic mass is 9.90. The van der Waals surface area contributed by atoms with Crippen LogP contribution in [0.25, 0.3) is 16.7 Å². The Morgan fingerprint density at radius 3 is 2.40 bits per heavy atom. The third-order valence-electron chi connectivity index (χ3n) is 4.63. The van der Waals surface area contributed by atoms with Crippen molar-refractivity contribution in [2.24, 2.45) is 0 Å². The Hall–Kier alpha value is -4.60. The van der Waals surface area contributed by atoms with Crippen molar-refractivity contribution < 1.29 is 14.7 Å². The molecule has 0 unspecified atom stereocenters. The molecule has 0 amide bonds. The van der Waals surface area contributed by atoms with Crippen molar-refractivity contribution in [3.8, 4) is 5.88 Å². The molecule has 0 radical (unpaired) electrons. The number of ketones is 2. The summed E-state index contributed by atoms with van der Waals surface area (Å²) in [7, 11) is 0. The predicted octanol–water partition coefficient (Wildman–Crippen LogP) is 1.58. The van der Waals surface area contributed by atoms with Gasteiger partial charge in [-0.15, -0.1) is 5.10 Å². The molecule has 0 atom stereocenters. The lowest BCUT2D eigenvalue weighted by Gasteiger charge is -2.21. The van der Waals surface area contributed by atoms with E-state index in [9.17, 15) is 19.5 Å². The molecule has 0 bridgehead atoms. The van der Waals surface area contributed by atoms with Gasteiger partial charge >= 0.3 is 0 Å². The van der Waals surface area contributed by atoms with Crippen molar-refractivity contribution in [1.29, 1.82) is 0 Å². The highest BCUT2D eigenvalue weighted by atomic mass is 16.3. The number of aromatic amines is 1. The minimum atomic E-state index is -0.631. The van der Waals surface area contributed by atoms with Gasteiger partial charge in [-0.2, -0.15) is 4.98 Å². The van der Waals surface area contributed by atoms with Crippen LogP contribution in [-0.4, -0.2) is 41.6 Å². The van der Waals surface area contributed by atoms with Crippen LogP contribution in [-0.2, 0) is 0 Å². The molecule has 0 saturated heterocycles. The van der Waals surface area contributed by atoms with Gasteiger partial charge < -0.3 is 10.4 Å². The zero-order valence-electron chi connectivity index (χ0n) is 15.2. The first-order valence-corrected chi connectivity index (χ1v) is 8.84. The molecule has 2 aromatic heterocycles. The maximum atomic E-state index is 13.4. The molecule has 30 heavy (non-hydrogen) atoms. The van der Waals surface area contributed by atoms with Crippen LogP contribution >= 0.6 is 0 Å². The summed E-state index contributed by atoms with van der Waals surface area (Å²) in [5, 5.41) is 20.4. The molecule has 1 aliphatic rings. The summed E-state index contributed by atoms with van der Waals surface area (Å²) in [6.07, 6.45) is 0. The summed E-state index contributed by atoms with van der Waals surface area (Å²) >= 11 is 0. The molecule has 0 aliphatic heterocycles. The number of fused-ring (bicyclic) bond motifs is 2. The number of Topliss-reactive ketones (excluding diaryl/α,β-unsaturated/α-hetero) is 2. The average Bonchev–Trinajstić information content (AvgIpc) is 3.15.